The summed E-state index contributed by atoms with van der Waals surface area (Å²) in [5.74, 6) is 0.0576. The lowest BCUT2D eigenvalue weighted by atomic mass is 9.92. The molecule has 2 rings (SSSR count). The summed E-state index contributed by atoms with van der Waals surface area (Å²) >= 11 is 0. The minimum Gasteiger partial charge on any atom is -0.390 e. The minimum atomic E-state index is -0.843. The number of hydrogen-bond acceptors (Lipinski definition) is 4. The fourth-order valence-corrected chi connectivity index (χ4v) is 2.90. The maximum Gasteiger partial charge on any atom is 0.0957 e. The van der Waals surface area contributed by atoms with Gasteiger partial charge in [-0.05, 0) is 32.8 Å². The zero-order valence-electron chi connectivity index (χ0n) is 12.4. The first-order valence-electron chi connectivity index (χ1n) is 7.16. The highest BCUT2D eigenvalue weighted by atomic mass is 16.3. The Labute approximate surface area is 120 Å². The van der Waals surface area contributed by atoms with Gasteiger partial charge in [0.05, 0.1) is 17.8 Å². The number of aryl methyl sites for hydroxylation is 1. The van der Waals surface area contributed by atoms with E-state index in [1.807, 2.05) is 25.1 Å². The van der Waals surface area contributed by atoms with E-state index in [1.165, 1.54) is 5.56 Å². The van der Waals surface area contributed by atoms with Gasteiger partial charge in [-0.15, -0.1) is 0 Å². The van der Waals surface area contributed by atoms with Crippen LogP contribution in [0.5, 0.6) is 0 Å². The first kappa shape index (κ1) is 15.4. The number of aliphatic hydroxyl groups excluding tert-OH is 2. The minimum absolute atomic E-state index is 0.0576. The molecule has 0 saturated heterocycles. The molecule has 1 aromatic rings. The molecule has 4 N–H and O–H groups in total. The molecule has 0 aromatic heterocycles. The second-order valence-corrected chi connectivity index (χ2v) is 6.53. The SMILES string of the molecule is Cc1cccc([C@H]2C[C@@H](O)[C@@H](O)[C@@H]2NCC(C)(C)O)c1. The molecule has 0 amide bonds. The molecule has 0 unspecified atom stereocenters. The van der Waals surface area contributed by atoms with Gasteiger partial charge in [0.2, 0.25) is 0 Å². The average molecular weight is 279 g/mol. The molecule has 1 aromatic carbocycles. The Balaban J connectivity index is 2.17. The standard InChI is InChI=1S/C16H25NO3/c1-10-5-4-6-11(7-10)12-8-13(18)15(19)14(12)17-9-16(2,3)20/h4-7,12-15,17-20H,8-9H2,1-3H3/t12-,13-,14-,15-/m1/s1. The molecule has 4 atom stereocenters. The molecular formula is C16H25NO3. The summed E-state index contributed by atoms with van der Waals surface area (Å²) in [6.07, 6.45) is -0.989. The van der Waals surface area contributed by atoms with Crippen molar-refractivity contribution in [1.82, 2.24) is 5.32 Å². The molecule has 1 saturated carbocycles. The van der Waals surface area contributed by atoms with E-state index in [4.69, 9.17) is 0 Å². The first-order valence-corrected chi connectivity index (χ1v) is 7.16. The maximum atomic E-state index is 10.2. The second kappa shape index (κ2) is 5.82. The summed E-state index contributed by atoms with van der Waals surface area (Å²) in [5, 5.41) is 33.1. The second-order valence-electron chi connectivity index (χ2n) is 6.53. The third-order valence-corrected chi connectivity index (χ3v) is 3.93. The molecule has 1 aliphatic rings. The fraction of sp³-hybridized carbons (Fsp3) is 0.625. The number of aliphatic hydroxyl groups is 3. The van der Waals surface area contributed by atoms with Crippen molar-refractivity contribution in [3.8, 4) is 0 Å². The van der Waals surface area contributed by atoms with E-state index in [0.717, 1.165) is 5.56 Å². The van der Waals surface area contributed by atoms with Crippen molar-refractivity contribution in [2.24, 2.45) is 0 Å². The Morgan fingerprint density at radius 2 is 2.00 bits per heavy atom. The van der Waals surface area contributed by atoms with E-state index in [2.05, 4.69) is 11.4 Å². The monoisotopic (exact) mass is 279 g/mol. The maximum absolute atomic E-state index is 10.2. The van der Waals surface area contributed by atoms with Crippen LogP contribution < -0.4 is 5.32 Å². The highest BCUT2D eigenvalue weighted by Crippen LogP contribution is 2.35. The number of rotatable bonds is 4. The average Bonchev–Trinajstić information content (AvgIpc) is 2.62. The fourth-order valence-electron chi connectivity index (χ4n) is 2.90. The van der Waals surface area contributed by atoms with Crippen LogP contribution in [0.3, 0.4) is 0 Å². The smallest absolute Gasteiger partial charge is 0.0957 e. The van der Waals surface area contributed by atoms with Crippen molar-refractivity contribution >= 4 is 0 Å². The van der Waals surface area contributed by atoms with Gasteiger partial charge in [-0.1, -0.05) is 29.8 Å². The summed E-state index contributed by atoms with van der Waals surface area (Å²) in [6, 6.07) is 7.91. The predicted octanol–water partition coefficient (Wildman–Crippen LogP) is 0.933. The zero-order valence-corrected chi connectivity index (χ0v) is 12.4. The van der Waals surface area contributed by atoms with E-state index in [-0.39, 0.29) is 12.0 Å². The normalized spacial score (nSPS) is 30.7. The zero-order chi connectivity index (χ0) is 14.9. The van der Waals surface area contributed by atoms with Gasteiger partial charge in [-0.3, -0.25) is 0 Å². The molecule has 4 nitrogen and oxygen atoms in total. The van der Waals surface area contributed by atoms with E-state index in [0.29, 0.717) is 13.0 Å². The summed E-state index contributed by atoms with van der Waals surface area (Å²) < 4.78 is 0. The van der Waals surface area contributed by atoms with Gasteiger partial charge in [0.15, 0.2) is 0 Å². The summed E-state index contributed by atoms with van der Waals surface area (Å²) in [6.45, 7) is 5.85. The Morgan fingerprint density at radius 1 is 1.30 bits per heavy atom. The Hall–Kier alpha value is -0.940. The van der Waals surface area contributed by atoms with Crippen LogP contribution in [0, 0.1) is 6.92 Å². The molecule has 1 aliphatic carbocycles. The van der Waals surface area contributed by atoms with E-state index >= 15 is 0 Å². The number of hydrogen-bond donors (Lipinski definition) is 4. The van der Waals surface area contributed by atoms with Crippen molar-refractivity contribution in [3.05, 3.63) is 35.4 Å². The molecular weight excluding hydrogens is 254 g/mol. The van der Waals surface area contributed by atoms with Crippen LogP contribution in [-0.4, -0.2) is 45.7 Å². The molecule has 0 heterocycles. The summed E-state index contributed by atoms with van der Waals surface area (Å²) in [7, 11) is 0. The van der Waals surface area contributed by atoms with Gasteiger partial charge in [0.25, 0.3) is 0 Å². The van der Waals surface area contributed by atoms with Crippen LogP contribution in [0.1, 0.15) is 37.3 Å². The number of nitrogens with one attached hydrogen (secondary N) is 1. The molecule has 20 heavy (non-hydrogen) atoms. The molecule has 0 bridgehead atoms. The summed E-state index contributed by atoms with van der Waals surface area (Å²) in [5.41, 5.74) is 1.44. The van der Waals surface area contributed by atoms with Gasteiger partial charge < -0.3 is 20.6 Å². The van der Waals surface area contributed by atoms with E-state index in [1.54, 1.807) is 13.8 Å². The van der Waals surface area contributed by atoms with Crippen LogP contribution >= 0.6 is 0 Å². The lowest BCUT2D eigenvalue weighted by Crippen LogP contribution is -2.47. The molecule has 112 valence electrons. The molecule has 0 aliphatic heterocycles. The Morgan fingerprint density at radius 3 is 2.60 bits per heavy atom. The van der Waals surface area contributed by atoms with E-state index in [9.17, 15) is 15.3 Å². The van der Waals surface area contributed by atoms with Crippen molar-refractivity contribution < 1.29 is 15.3 Å². The van der Waals surface area contributed by atoms with Crippen molar-refractivity contribution in [1.29, 1.82) is 0 Å². The highest BCUT2D eigenvalue weighted by molar-refractivity contribution is 5.29. The highest BCUT2D eigenvalue weighted by Gasteiger charge is 2.42. The van der Waals surface area contributed by atoms with Crippen molar-refractivity contribution in [2.75, 3.05) is 6.54 Å². The van der Waals surface area contributed by atoms with E-state index < -0.39 is 17.8 Å². The summed E-state index contributed by atoms with van der Waals surface area (Å²) in [4.78, 5) is 0. The predicted molar refractivity (Wildman–Crippen MR) is 78.6 cm³/mol. The van der Waals surface area contributed by atoms with Gasteiger partial charge in [0.1, 0.15) is 0 Å². The quantitative estimate of drug-likeness (QED) is 0.662. The largest absolute Gasteiger partial charge is 0.390 e. The number of benzene rings is 1. The van der Waals surface area contributed by atoms with Crippen LogP contribution in [0.25, 0.3) is 0 Å². The third kappa shape index (κ3) is 3.58. The van der Waals surface area contributed by atoms with Gasteiger partial charge in [0, 0.05) is 18.5 Å². The molecule has 0 spiro atoms. The van der Waals surface area contributed by atoms with Gasteiger partial charge >= 0.3 is 0 Å². The third-order valence-electron chi connectivity index (χ3n) is 3.93. The molecule has 0 radical (unpaired) electrons. The van der Waals surface area contributed by atoms with Crippen LogP contribution in [-0.2, 0) is 0 Å². The van der Waals surface area contributed by atoms with Crippen LogP contribution in [0.2, 0.25) is 0 Å². The van der Waals surface area contributed by atoms with Crippen LogP contribution in [0.4, 0.5) is 0 Å². The van der Waals surface area contributed by atoms with Crippen LogP contribution in [0.15, 0.2) is 24.3 Å². The topological polar surface area (TPSA) is 72.7 Å². The Bertz CT molecular complexity index is 455. The Kier molecular flexibility index (Phi) is 4.49. The lowest BCUT2D eigenvalue weighted by molar-refractivity contribution is 0.0212. The van der Waals surface area contributed by atoms with Gasteiger partial charge in [-0.25, -0.2) is 0 Å². The van der Waals surface area contributed by atoms with Crippen molar-refractivity contribution in [2.45, 2.75) is 57.0 Å². The first-order chi connectivity index (χ1) is 9.28. The molecule has 4 heteroatoms. The van der Waals surface area contributed by atoms with Crippen molar-refractivity contribution in [3.63, 3.8) is 0 Å². The van der Waals surface area contributed by atoms with Gasteiger partial charge in [-0.2, -0.15) is 0 Å². The molecule has 1 fully saturated rings. The lowest BCUT2D eigenvalue weighted by Gasteiger charge is -2.27.